The van der Waals surface area contributed by atoms with E-state index in [2.05, 4.69) is 14.7 Å². The first-order valence-corrected chi connectivity index (χ1v) is 13.2. The number of nitrogens with two attached hydrogens (primary N) is 1. The van der Waals surface area contributed by atoms with Gasteiger partial charge in [0.05, 0.1) is 15.8 Å². The summed E-state index contributed by atoms with van der Waals surface area (Å²) >= 11 is 0. The van der Waals surface area contributed by atoms with Crippen molar-refractivity contribution in [2.24, 2.45) is 0 Å². The van der Waals surface area contributed by atoms with E-state index in [9.17, 15) is 13.2 Å². The molecule has 4 aromatic rings. The van der Waals surface area contributed by atoms with E-state index in [4.69, 9.17) is 5.73 Å². The van der Waals surface area contributed by atoms with Crippen molar-refractivity contribution < 1.29 is 13.2 Å². The van der Waals surface area contributed by atoms with Crippen LogP contribution in [-0.4, -0.2) is 28.7 Å². The summed E-state index contributed by atoms with van der Waals surface area (Å²) in [5.41, 5.74) is 8.95. The number of carbonyl (C=O) groups excluding carboxylic acids is 1. The molecule has 9 heteroatoms. The molecular formula is C26H27N5O3S. The van der Waals surface area contributed by atoms with Crippen molar-refractivity contribution in [3.63, 3.8) is 0 Å². The minimum Gasteiger partial charge on any atom is -0.383 e. The van der Waals surface area contributed by atoms with Crippen molar-refractivity contribution in [3.05, 3.63) is 77.7 Å². The zero-order chi connectivity index (χ0) is 24.6. The zero-order valence-electron chi connectivity index (χ0n) is 19.4. The van der Waals surface area contributed by atoms with Gasteiger partial charge in [-0.15, -0.1) is 0 Å². The summed E-state index contributed by atoms with van der Waals surface area (Å²) in [6.45, 7) is 2.01. The van der Waals surface area contributed by atoms with E-state index in [1.165, 1.54) is 6.33 Å². The second-order valence-electron chi connectivity index (χ2n) is 8.86. The summed E-state index contributed by atoms with van der Waals surface area (Å²) in [4.78, 5) is 22.3. The van der Waals surface area contributed by atoms with Crippen molar-refractivity contribution >= 4 is 38.3 Å². The van der Waals surface area contributed by atoms with E-state index in [1.807, 2.05) is 17.7 Å². The van der Waals surface area contributed by atoms with Crippen LogP contribution in [0.4, 0.5) is 11.5 Å². The highest BCUT2D eigenvalue weighted by molar-refractivity contribution is 7.92. The maximum atomic E-state index is 13.6. The van der Waals surface area contributed by atoms with Crippen LogP contribution in [0.1, 0.15) is 60.1 Å². The SMILES string of the molecule is CCc1ccc(S(=O)(=O)Nc2cccc(C(=O)c3cn(C4CCCC4)c4ncnc(N)c34)c2)cc1. The number of aromatic nitrogens is 3. The number of anilines is 2. The molecule has 2 aromatic heterocycles. The van der Waals surface area contributed by atoms with Crippen LogP contribution < -0.4 is 10.5 Å². The van der Waals surface area contributed by atoms with Gasteiger partial charge in [-0.2, -0.15) is 0 Å². The molecule has 35 heavy (non-hydrogen) atoms. The predicted octanol–water partition coefficient (Wildman–Crippen LogP) is 4.72. The van der Waals surface area contributed by atoms with Gasteiger partial charge in [0.25, 0.3) is 10.0 Å². The molecule has 0 radical (unpaired) electrons. The van der Waals surface area contributed by atoms with Crippen LogP contribution in [0.2, 0.25) is 0 Å². The van der Waals surface area contributed by atoms with Gasteiger partial charge in [-0.25, -0.2) is 18.4 Å². The topological polar surface area (TPSA) is 120 Å². The van der Waals surface area contributed by atoms with Crippen LogP contribution in [0.15, 0.2) is 66.0 Å². The van der Waals surface area contributed by atoms with E-state index in [1.54, 1.807) is 48.5 Å². The fraction of sp³-hybridized carbons (Fsp3) is 0.269. The van der Waals surface area contributed by atoms with E-state index in [-0.39, 0.29) is 22.5 Å². The summed E-state index contributed by atoms with van der Waals surface area (Å²) < 4.78 is 30.4. The predicted molar refractivity (Wildman–Crippen MR) is 136 cm³/mol. The van der Waals surface area contributed by atoms with Gasteiger partial charge in [0, 0.05) is 23.5 Å². The van der Waals surface area contributed by atoms with Crippen LogP contribution in [0.3, 0.4) is 0 Å². The molecule has 0 unspecified atom stereocenters. The van der Waals surface area contributed by atoms with Crippen LogP contribution in [0.25, 0.3) is 11.0 Å². The Morgan fingerprint density at radius 1 is 1.11 bits per heavy atom. The van der Waals surface area contributed by atoms with Gasteiger partial charge in [-0.05, 0) is 49.1 Å². The molecule has 0 bridgehead atoms. The average molecular weight is 490 g/mol. The minimum absolute atomic E-state index is 0.163. The molecular weight excluding hydrogens is 462 g/mol. The zero-order valence-corrected chi connectivity index (χ0v) is 20.3. The summed E-state index contributed by atoms with van der Waals surface area (Å²) in [7, 11) is -3.80. The standard InChI is InChI=1S/C26H27N5O3S/c1-2-17-10-12-21(13-11-17)35(33,34)30-19-7-5-6-18(14-19)24(32)22-15-31(20-8-3-4-9-20)26-23(22)25(27)28-16-29-26/h5-7,10-16,20,30H,2-4,8-9H2,1H3,(H2,27,28,29). The Hall–Kier alpha value is -3.72. The highest BCUT2D eigenvalue weighted by Gasteiger charge is 2.26. The number of hydrogen-bond acceptors (Lipinski definition) is 6. The van der Waals surface area contributed by atoms with E-state index < -0.39 is 10.0 Å². The Balaban J connectivity index is 1.48. The lowest BCUT2D eigenvalue weighted by atomic mass is 10.0. The molecule has 1 fully saturated rings. The fourth-order valence-electron chi connectivity index (χ4n) is 4.74. The van der Waals surface area contributed by atoms with Gasteiger partial charge in [-0.1, -0.05) is 44.0 Å². The van der Waals surface area contributed by atoms with Crippen molar-refractivity contribution in [1.29, 1.82) is 0 Å². The average Bonchev–Trinajstić information content (AvgIpc) is 3.52. The van der Waals surface area contributed by atoms with Gasteiger partial charge in [0.1, 0.15) is 17.8 Å². The third kappa shape index (κ3) is 4.39. The Bertz CT molecular complexity index is 1500. The number of rotatable bonds is 7. The first kappa shape index (κ1) is 23.0. The molecule has 2 heterocycles. The largest absolute Gasteiger partial charge is 0.383 e. The van der Waals surface area contributed by atoms with Crippen LogP contribution in [0.5, 0.6) is 0 Å². The molecule has 0 spiro atoms. The summed E-state index contributed by atoms with van der Waals surface area (Å²) in [6.07, 6.45) is 8.38. The number of fused-ring (bicyclic) bond motifs is 1. The molecule has 3 N–H and O–H groups in total. The third-order valence-corrected chi connectivity index (χ3v) is 8.02. The van der Waals surface area contributed by atoms with Gasteiger partial charge in [0.2, 0.25) is 0 Å². The number of ketones is 1. The maximum absolute atomic E-state index is 13.6. The molecule has 5 rings (SSSR count). The van der Waals surface area contributed by atoms with E-state index in [0.717, 1.165) is 37.7 Å². The first-order valence-electron chi connectivity index (χ1n) is 11.7. The second kappa shape index (κ2) is 9.14. The molecule has 0 atom stereocenters. The number of carbonyl (C=O) groups is 1. The number of nitrogen functional groups attached to an aromatic ring is 1. The normalized spacial score (nSPS) is 14.4. The molecule has 0 amide bonds. The third-order valence-electron chi connectivity index (χ3n) is 6.62. The Morgan fingerprint density at radius 2 is 1.86 bits per heavy atom. The van der Waals surface area contributed by atoms with E-state index in [0.29, 0.717) is 27.8 Å². The van der Waals surface area contributed by atoms with E-state index >= 15 is 0 Å². The monoisotopic (exact) mass is 489 g/mol. The molecule has 1 aliphatic carbocycles. The van der Waals surface area contributed by atoms with Crippen LogP contribution >= 0.6 is 0 Å². The van der Waals surface area contributed by atoms with Gasteiger partial charge in [-0.3, -0.25) is 9.52 Å². The highest BCUT2D eigenvalue weighted by Crippen LogP contribution is 2.35. The number of aryl methyl sites for hydroxylation is 1. The summed E-state index contributed by atoms with van der Waals surface area (Å²) in [5, 5.41) is 0.534. The Morgan fingerprint density at radius 3 is 2.57 bits per heavy atom. The Kier molecular flexibility index (Phi) is 6.02. The number of nitrogens with one attached hydrogen (secondary N) is 1. The molecule has 0 aliphatic heterocycles. The first-order chi connectivity index (χ1) is 16.9. The smallest absolute Gasteiger partial charge is 0.261 e. The number of sulfonamides is 1. The highest BCUT2D eigenvalue weighted by atomic mass is 32.2. The quantitative estimate of drug-likeness (QED) is 0.362. The molecule has 1 saturated carbocycles. The number of nitrogens with zero attached hydrogens (tertiary/aromatic N) is 3. The van der Waals surface area contributed by atoms with Gasteiger partial charge >= 0.3 is 0 Å². The van der Waals surface area contributed by atoms with Crippen LogP contribution in [-0.2, 0) is 16.4 Å². The van der Waals surface area contributed by atoms with Crippen molar-refractivity contribution in [2.45, 2.75) is 50.0 Å². The number of hydrogen-bond donors (Lipinski definition) is 2. The van der Waals surface area contributed by atoms with Crippen molar-refractivity contribution in [3.8, 4) is 0 Å². The lowest BCUT2D eigenvalue weighted by molar-refractivity contribution is 0.104. The lowest BCUT2D eigenvalue weighted by Gasteiger charge is -2.12. The summed E-state index contributed by atoms with van der Waals surface area (Å²) in [6, 6.07) is 13.5. The molecule has 8 nitrogen and oxygen atoms in total. The maximum Gasteiger partial charge on any atom is 0.261 e. The number of benzene rings is 2. The van der Waals surface area contributed by atoms with Crippen LogP contribution in [0, 0.1) is 0 Å². The van der Waals surface area contributed by atoms with Crippen molar-refractivity contribution in [2.75, 3.05) is 10.5 Å². The molecule has 180 valence electrons. The second-order valence-corrected chi connectivity index (χ2v) is 10.5. The van der Waals surface area contributed by atoms with Gasteiger partial charge < -0.3 is 10.3 Å². The summed E-state index contributed by atoms with van der Waals surface area (Å²) in [5.74, 6) is -0.0101. The molecule has 2 aromatic carbocycles. The fourth-order valence-corrected chi connectivity index (χ4v) is 5.79. The van der Waals surface area contributed by atoms with Gasteiger partial charge in [0.15, 0.2) is 5.78 Å². The minimum atomic E-state index is -3.80. The Labute approximate surface area is 204 Å². The van der Waals surface area contributed by atoms with Crippen molar-refractivity contribution in [1.82, 2.24) is 14.5 Å². The molecule has 0 saturated heterocycles. The lowest BCUT2D eigenvalue weighted by Crippen LogP contribution is -2.13. The molecule has 1 aliphatic rings.